The molecule has 32 heavy (non-hydrogen) atoms. The highest BCUT2D eigenvalue weighted by atomic mass is 35.5. The monoisotopic (exact) mass is 459 g/mol. The summed E-state index contributed by atoms with van der Waals surface area (Å²) in [4.78, 5) is 31.1. The van der Waals surface area contributed by atoms with E-state index in [1.54, 1.807) is 42.3 Å². The van der Waals surface area contributed by atoms with Crippen molar-refractivity contribution in [2.45, 2.75) is 6.42 Å². The van der Waals surface area contributed by atoms with Gasteiger partial charge in [-0.15, -0.1) is 10.2 Å². The molecular formula is C22H26ClN5O4. The van der Waals surface area contributed by atoms with Gasteiger partial charge in [0.05, 0.1) is 12.5 Å². The first-order valence-corrected chi connectivity index (χ1v) is 11.0. The summed E-state index contributed by atoms with van der Waals surface area (Å²) < 4.78 is 10.4. The number of piperazine rings is 1. The lowest BCUT2D eigenvalue weighted by Crippen LogP contribution is -2.51. The molecule has 2 aliphatic rings. The topological polar surface area (TPSA) is 88.1 Å². The minimum Gasteiger partial charge on any atom is -0.474 e. The lowest BCUT2D eigenvalue weighted by molar-refractivity contribution is -0.136. The van der Waals surface area contributed by atoms with Crippen molar-refractivity contribution in [3.05, 3.63) is 41.4 Å². The number of ether oxygens (including phenoxy) is 2. The Morgan fingerprint density at radius 2 is 1.81 bits per heavy atom. The Bertz CT molecular complexity index is 932. The molecule has 2 aromatic rings. The number of anilines is 2. The molecule has 0 bridgehead atoms. The number of aromatic nitrogens is 2. The number of methoxy groups -OCH3 is 1. The minimum absolute atomic E-state index is 0.0300. The van der Waals surface area contributed by atoms with Gasteiger partial charge in [-0.25, -0.2) is 0 Å². The van der Waals surface area contributed by atoms with Gasteiger partial charge in [0.25, 0.3) is 0 Å². The fourth-order valence-electron chi connectivity index (χ4n) is 3.95. The van der Waals surface area contributed by atoms with E-state index in [0.29, 0.717) is 56.8 Å². The van der Waals surface area contributed by atoms with Crippen LogP contribution in [0.1, 0.15) is 6.42 Å². The second-order valence-corrected chi connectivity index (χ2v) is 8.20. The van der Waals surface area contributed by atoms with E-state index in [1.807, 2.05) is 11.0 Å². The predicted octanol–water partition coefficient (Wildman–Crippen LogP) is 1.86. The third-order valence-corrected chi connectivity index (χ3v) is 5.94. The van der Waals surface area contributed by atoms with Crippen LogP contribution in [0.25, 0.3) is 0 Å². The Labute approximate surface area is 191 Å². The molecule has 4 rings (SSSR count). The summed E-state index contributed by atoms with van der Waals surface area (Å²) >= 11 is 5.94. The van der Waals surface area contributed by atoms with Gasteiger partial charge in [-0.3, -0.25) is 9.59 Å². The standard InChI is InChI=1S/C22H26ClN5O4/c1-31-12-13-32-20-7-6-19(24-25-20)26-8-10-27(11-9-26)22(30)16-14-21(29)28(15-16)18-4-2-17(23)3-5-18/h2-7,16H,8-15H2,1H3. The van der Waals surface area contributed by atoms with Crippen molar-refractivity contribution in [2.24, 2.45) is 5.92 Å². The average Bonchev–Trinajstić information content (AvgIpc) is 3.21. The van der Waals surface area contributed by atoms with E-state index >= 15 is 0 Å². The highest BCUT2D eigenvalue weighted by molar-refractivity contribution is 6.30. The predicted molar refractivity (Wildman–Crippen MR) is 120 cm³/mol. The van der Waals surface area contributed by atoms with Gasteiger partial charge in [-0.2, -0.15) is 0 Å². The van der Waals surface area contributed by atoms with Crippen molar-refractivity contribution in [1.82, 2.24) is 15.1 Å². The largest absolute Gasteiger partial charge is 0.474 e. The van der Waals surface area contributed by atoms with Crippen molar-refractivity contribution in [1.29, 1.82) is 0 Å². The van der Waals surface area contributed by atoms with E-state index in [2.05, 4.69) is 15.1 Å². The highest BCUT2D eigenvalue weighted by Crippen LogP contribution is 2.28. The number of amides is 2. The molecule has 170 valence electrons. The zero-order valence-electron chi connectivity index (χ0n) is 17.9. The number of hydrogen-bond acceptors (Lipinski definition) is 7. The van der Waals surface area contributed by atoms with E-state index in [9.17, 15) is 9.59 Å². The van der Waals surface area contributed by atoms with E-state index in [-0.39, 0.29) is 24.2 Å². The van der Waals surface area contributed by atoms with Crippen LogP contribution in [-0.4, -0.2) is 80.0 Å². The summed E-state index contributed by atoms with van der Waals surface area (Å²) in [7, 11) is 1.61. The van der Waals surface area contributed by atoms with Crippen molar-refractivity contribution in [3.63, 3.8) is 0 Å². The molecule has 2 saturated heterocycles. The summed E-state index contributed by atoms with van der Waals surface area (Å²) in [5.74, 6) is 0.875. The fraction of sp³-hybridized carbons (Fsp3) is 0.455. The molecule has 1 aromatic carbocycles. The quantitative estimate of drug-likeness (QED) is 0.584. The van der Waals surface area contributed by atoms with Gasteiger partial charge in [0, 0.05) is 63.0 Å². The van der Waals surface area contributed by atoms with Gasteiger partial charge in [0.15, 0.2) is 5.82 Å². The number of halogens is 1. The summed E-state index contributed by atoms with van der Waals surface area (Å²) in [5.41, 5.74) is 0.771. The Kier molecular flexibility index (Phi) is 7.06. The Morgan fingerprint density at radius 3 is 2.47 bits per heavy atom. The molecule has 9 nitrogen and oxygen atoms in total. The molecule has 1 atom stereocenters. The smallest absolute Gasteiger partial charge is 0.233 e. The van der Waals surface area contributed by atoms with Gasteiger partial charge in [-0.1, -0.05) is 11.6 Å². The van der Waals surface area contributed by atoms with Crippen LogP contribution in [0.4, 0.5) is 11.5 Å². The average molecular weight is 460 g/mol. The normalized spacial score (nSPS) is 18.9. The molecule has 3 heterocycles. The van der Waals surface area contributed by atoms with Crippen molar-refractivity contribution in [2.75, 3.05) is 62.8 Å². The summed E-state index contributed by atoms with van der Waals surface area (Å²) in [6.45, 7) is 3.79. The molecule has 1 unspecified atom stereocenters. The summed E-state index contributed by atoms with van der Waals surface area (Å²) in [6.07, 6.45) is 0.234. The van der Waals surface area contributed by atoms with E-state index in [4.69, 9.17) is 21.1 Å². The van der Waals surface area contributed by atoms with Gasteiger partial charge in [0.2, 0.25) is 17.7 Å². The number of carbonyl (C=O) groups is 2. The molecule has 10 heteroatoms. The number of rotatable bonds is 7. The van der Waals surface area contributed by atoms with Gasteiger partial charge >= 0.3 is 0 Å². The van der Waals surface area contributed by atoms with Crippen LogP contribution in [0.2, 0.25) is 5.02 Å². The maximum atomic E-state index is 13.0. The van der Waals surface area contributed by atoms with Crippen LogP contribution in [0.5, 0.6) is 5.88 Å². The number of nitrogens with zero attached hydrogens (tertiary/aromatic N) is 5. The first kappa shape index (κ1) is 22.3. The van der Waals surface area contributed by atoms with Crippen molar-refractivity contribution < 1.29 is 19.1 Å². The van der Waals surface area contributed by atoms with Gasteiger partial charge in [-0.05, 0) is 30.3 Å². The van der Waals surface area contributed by atoms with Crippen LogP contribution in [0.15, 0.2) is 36.4 Å². The zero-order chi connectivity index (χ0) is 22.5. The van der Waals surface area contributed by atoms with Crippen LogP contribution in [0, 0.1) is 5.92 Å². The highest BCUT2D eigenvalue weighted by Gasteiger charge is 2.38. The summed E-state index contributed by atoms with van der Waals surface area (Å²) in [6, 6.07) is 10.8. The first-order valence-electron chi connectivity index (χ1n) is 10.6. The maximum Gasteiger partial charge on any atom is 0.233 e. The Hall–Kier alpha value is -2.91. The Balaban J connectivity index is 1.29. The number of hydrogen-bond donors (Lipinski definition) is 0. The zero-order valence-corrected chi connectivity index (χ0v) is 18.7. The molecule has 2 fully saturated rings. The minimum atomic E-state index is -0.326. The molecule has 0 saturated carbocycles. The first-order chi connectivity index (χ1) is 15.5. The van der Waals surface area contributed by atoms with E-state index in [1.165, 1.54) is 0 Å². The van der Waals surface area contributed by atoms with Crippen LogP contribution in [-0.2, 0) is 14.3 Å². The maximum absolute atomic E-state index is 13.0. The molecular weight excluding hydrogens is 434 g/mol. The molecule has 0 aliphatic carbocycles. The van der Waals surface area contributed by atoms with Crippen molar-refractivity contribution in [3.8, 4) is 5.88 Å². The SMILES string of the molecule is COCCOc1ccc(N2CCN(C(=O)C3CC(=O)N(c4ccc(Cl)cc4)C3)CC2)nn1. The molecule has 0 radical (unpaired) electrons. The van der Waals surface area contributed by atoms with Crippen molar-refractivity contribution >= 4 is 34.9 Å². The Morgan fingerprint density at radius 1 is 1.06 bits per heavy atom. The van der Waals surface area contributed by atoms with Gasteiger partial charge < -0.3 is 24.2 Å². The van der Waals surface area contributed by atoms with E-state index < -0.39 is 0 Å². The second-order valence-electron chi connectivity index (χ2n) is 7.77. The molecule has 2 aliphatic heterocycles. The van der Waals surface area contributed by atoms with E-state index in [0.717, 1.165) is 11.5 Å². The molecule has 0 spiro atoms. The number of carbonyl (C=O) groups excluding carboxylic acids is 2. The summed E-state index contributed by atoms with van der Waals surface area (Å²) in [5, 5.41) is 8.94. The van der Waals surface area contributed by atoms with Crippen LogP contribution >= 0.6 is 11.6 Å². The lowest BCUT2D eigenvalue weighted by Gasteiger charge is -2.36. The third kappa shape index (κ3) is 5.11. The number of benzene rings is 1. The second kappa shape index (κ2) is 10.1. The van der Waals surface area contributed by atoms with Crippen LogP contribution < -0.4 is 14.5 Å². The van der Waals surface area contributed by atoms with Crippen LogP contribution in [0.3, 0.4) is 0 Å². The fourth-order valence-corrected chi connectivity index (χ4v) is 4.07. The van der Waals surface area contributed by atoms with Gasteiger partial charge in [0.1, 0.15) is 6.61 Å². The molecule has 2 amide bonds. The molecule has 1 aromatic heterocycles. The lowest BCUT2D eigenvalue weighted by atomic mass is 10.1. The third-order valence-electron chi connectivity index (χ3n) is 5.69. The molecule has 0 N–H and O–H groups in total.